The predicted octanol–water partition coefficient (Wildman–Crippen LogP) is 6.26. The summed E-state index contributed by atoms with van der Waals surface area (Å²) in [5.41, 5.74) is 2.30. The first-order valence-corrected chi connectivity index (χ1v) is 11.2. The second kappa shape index (κ2) is 9.29. The second-order valence-electron chi connectivity index (χ2n) is 9.30. The monoisotopic (exact) mass is 498 g/mol. The number of anilines is 1. The number of amides is 1. The van der Waals surface area contributed by atoms with Gasteiger partial charge in [-0.15, -0.1) is 0 Å². The van der Waals surface area contributed by atoms with E-state index in [0.29, 0.717) is 17.0 Å². The molecule has 0 aliphatic carbocycles. The molecule has 0 spiro atoms. The van der Waals surface area contributed by atoms with E-state index >= 15 is 0 Å². The molecule has 1 aromatic heterocycles. The number of ketones is 1. The Hall–Kier alpha value is -3.88. The number of hydrogen-bond acceptors (Lipinski definition) is 5. The minimum Gasteiger partial charge on any atom is -0.497 e. The van der Waals surface area contributed by atoms with E-state index in [-0.39, 0.29) is 29.2 Å². The Morgan fingerprint density at radius 1 is 1.11 bits per heavy atom. The first-order chi connectivity index (χ1) is 16.9. The van der Waals surface area contributed by atoms with Crippen LogP contribution < -0.4 is 10.1 Å². The molecule has 0 saturated carbocycles. The van der Waals surface area contributed by atoms with Crippen LogP contribution in [0.5, 0.6) is 5.75 Å². The van der Waals surface area contributed by atoms with Gasteiger partial charge < -0.3 is 14.5 Å². The number of carbonyl (C=O) groups excluding carboxylic acids is 2. The number of aryl methyl sites for hydroxylation is 1. The summed E-state index contributed by atoms with van der Waals surface area (Å²) in [6, 6.07) is 12.8. The number of benzene rings is 2. The van der Waals surface area contributed by atoms with Crippen molar-refractivity contribution in [2.75, 3.05) is 12.4 Å². The number of ether oxygens (including phenoxy) is 1. The lowest BCUT2D eigenvalue weighted by atomic mass is 9.85. The lowest BCUT2D eigenvalue weighted by Gasteiger charge is -2.29. The fourth-order valence-electron chi connectivity index (χ4n) is 4.26. The number of rotatable bonds is 6. The van der Waals surface area contributed by atoms with E-state index in [1.807, 2.05) is 32.0 Å². The number of fused-ring (bicyclic) bond motifs is 1. The van der Waals surface area contributed by atoms with E-state index in [0.717, 1.165) is 23.6 Å². The summed E-state index contributed by atoms with van der Waals surface area (Å²) in [7, 11) is 1.58. The van der Waals surface area contributed by atoms with Gasteiger partial charge in [0.15, 0.2) is 5.78 Å². The van der Waals surface area contributed by atoms with Crippen LogP contribution in [0.3, 0.4) is 0 Å². The number of halogens is 3. The number of Topliss-reactive ketones (excluding diaryl/α,β-unsaturated/α-hetero) is 1. The Morgan fingerprint density at radius 2 is 1.81 bits per heavy atom. The molecule has 3 aromatic rings. The zero-order valence-electron chi connectivity index (χ0n) is 20.2. The first kappa shape index (κ1) is 25.2. The molecule has 1 aliphatic heterocycles. The van der Waals surface area contributed by atoms with Crippen molar-refractivity contribution in [2.45, 2.75) is 45.3 Å². The van der Waals surface area contributed by atoms with Crippen LogP contribution in [0, 0.1) is 6.92 Å². The average Bonchev–Trinajstić information content (AvgIpc) is 3.21. The van der Waals surface area contributed by atoms with Crippen LogP contribution in [0.25, 0.3) is 0 Å². The molecule has 0 saturated heterocycles. The van der Waals surface area contributed by atoms with Crippen molar-refractivity contribution in [1.29, 1.82) is 0 Å². The molecule has 2 aromatic carbocycles. The Labute approximate surface area is 206 Å². The van der Waals surface area contributed by atoms with Gasteiger partial charge in [0.1, 0.15) is 11.5 Å². The molecule has 188 valence electrons. The number of methoxy groups -OCH3 is 1. The lowest BCUT2D eigenvalue weighted by Crippen LogP contribution is -2.30. The summed E-state index contributed by atoms with van der Waals surface area (Å²) in [6.45, 7) is 5.35. The minimum atomic E-state index is -4.80. The molecule has 36 heavy (non-hydrogen) atoms. The van der Waals surface area contributed by atoms with Crippen LogP contribution in [0.4, 0.5) is 18.9 Å². The highest BCUT2D eigenvalue weighted by Gasteiger charge is 2.40. The summed E-state index contributed by atoms with van der Waals surface area (Å²) < 4.78 is 49.4. The molecule has 4 rings (SSSR count). The summed E-state index contributed by atoms with van der Waals surface area (Å²) in [6.07, 6.45) is -3.99. The van der Waals surface area contributed by atoms with Crippen molar-refractivity contribution in [1.82, 2.24) is 0 Å². The summed E-state index contributed by atoms with van der Waals surface area (Å²) >= 11 is 0. The largest absolute Gasteiger partial charge is 0.497 e. The van der Waals surface area contributed by atoms with Crippen LogP contribution in [0.15, 0.2) is 57.9 Å². The van der Waals surface area contributed by atoms with E-state index in [4.69, 9.17) is 9.73 Å². The second-order valence-corrected chi connectivity index (χ2v) is 9.30. The average molecular weight is 499 g/mol. The molecule has 0 fully saturated rings. The van der Waals surface area contributed by atoms with Crippen molar-refractivity contribution < 1.29 is 31.9 Å². The smallest absolute Gasteiger partial charge is 0.450 e. The van der Waals surface area contributed by atoms with Crippen LogP contribution in [-0.2, 0) is 12.6 Å². The molecule has 6 nitrogen and oxygen atoms in total. The van der Waals surface area contributed by atoms with Crippen molar-refractivity contribution in [3.63, 3.8) is 0 Å². The molecule has 1 amide bonds. The Kier molecular flexibility index (Phi) is 6.51. The number of carbonyl (C=O) groups is 2. The lowest BCUT2D eigenvalue weighted by molar-refractivity contribution is -0.153. The molecule has 0 radical (unpaired) electrons. The van der Waals surface area contributed by atoms with Crippen molar-refractivity contribution in [3.8, 4) is 5.75 Å². The van der Waals surface area contributed by atoms with E-state index < -0.39 is 23.4 Å². The molecule has 0 atom stereocenters. The third kappa shape index (κ3) is 5.35. The van der Waals surface area contributed by atoms with Crippen LogP contribution in [0.1, 0.15) is 63.6 Å². The number of nitrogens with one attached hydrogen (secondary N) is 1. The molecular formula is C27H25F3N2O4. The third-order valence-corrected chi connectivity index (χ3v) is 5.84. The zero-order valence-corrected chi connectivity index (χ0v) is 20.2. The Balaban J connectivity index is 1.51. The highest BCUT2D eigenvalue weighted by atomic mass is 19.4. The van der Waals surface area contributed by atoms with Crippen LogP contribution in [-0.4, -0.2) is 30.1 Å². The number of hydrogen-bond donors (Lipinski definition) is 1. The van der Waals surface area contributed by atoms with Gasteiger partial charge in [-0.05, 0) is 75.2 Å². The number of alkyl halides is 3. The van der Waals surface area contributed by atoms with Gasteiger partial charge in [-0.2, -0.15) is 13.2 Å². The molecule has 2 heterocycles. The highest BCUT2D eigenvalue weighted by Crippen LogP contribution is 2.34. The van der Waals surface area contributed by atoms with Crippen molar-refractivity contribution in [3.05, 3.63) is 82.3 Å². The maximum atomic E-state index is 13.2. The van der Waals surface area contributed by atoms with Gasteiger partial charge >= 0.3 is 6.18 Å². The molecule has 9 heteroatoms. The van der Waals surface area contributed by atoms with Gasteiger partial charge in [-0.3, -0.25) is 14.6 Å². The molecule has 0 bridgehead atoms. The fraction of sp³-hybridized carbons (Fsp3) is 0.296. The van der Waals surface area contributed by atoms with E-state index in [2.05, 4.69) is 9.73 Å². The SMILES string of the molecule is COc1ccc2c(c1)C(CC(=O)c1ccc(NC(=O)c3cc(C)oc3C(F)(F)F)cc1)=NC(C)(C)C2. The van der Waals surface area contributed by atoms with Crippen molar-refractivity contribution >= 4 is 23.1 Å². The molecular weight excluding hydrogens is 473 g/mol. The zero-order chi connectivity index (χ0) is 26.3. The van der Waals surface area contributed by atoms with Gasteiger partial charge in [0.05, 0.1) is 30.3 Å². The number of furan rings is 1. The van der Waals surface area contributed by atoms with Crippen LogP contribution >= 0.6 is 0 Å². The van der Waals surface area contributed by atoms with Gasteiger partial charge in [-0.25, -0.2) is 0 Å². The maximum Gasteiger partial charge on any atom is 0.450 e. The Morgan fingerprint density at radius 3 is 2.44 bits per heavy atom. The van der Waals surface area contributed by atoms with E-state index in [1.165, 1.54) is 31.2 Å². The molecule has 1 N–H and O–H groups in total. The first-order valence-electron chi connectivity index (χ1n) is 11.2. The van der Waals surface area contributed by atoms with Crippen molar-refractivity contribution in [2.24, 2.45) is 4.99 Å². The predicted molar refractivity (Wildman–Crippen MR) is 129 cm³/mol. The number of aliphatic imine (C=N–C) groups is 1. The van der Waals surface area contributed by atoms with E-state index in [1.54, 1.807) is 7.11 Å². The minimum absolute atomic E-state index is 0.0265. The topological polar surface area (TPSA) is 80.9 Å². The van der Waals surface area contributed by atoms with Crippen LogP contribution in [0.2, 0.25) is 0 Å². The van der Waals surface area contributed by atoms with Gasteiger partial charge in [0.2, 0.25) is 5.76 Å². The summed E-state index contributed by atoms with van der Waals surface area (Å²) in [5, 5.41) is 2.42. The van der Waals surface area contributed by atoms with E-state index in [9.17, 15) is 22.8 Å². The Bertz CT molecular complexity index is 1350. The normalized spacial score (nSPS) is 14.6. The summed E-state index contributed by atoms with van der Waals surface area (Å²) in [5.74, 6) is -1.83. The van der Waals surface area contributed by atoms with Gasteiger partial charge in [0.25, 0.3) is 5.91 Å². The standard InChI is InChI=1S/C27H25F3N2O4/c1-15-11-21(24(36-15)27(28,29)30)25(34)31-18-8-5-16(6-9-18)23(33)13-22-20-12-19(35-4)10-7-17(20)14-26(2,3)32-22/h5-12H,13-14H2,1-4H3,(H,31,34). The summed E-state index contributed by atoms with van der Waals surface area (Å²) in [4.78, 5) is 30.3. The third-order valence-electron chi connectivity index (χ3n) is 5.84. The van der Waals surface area contributed by atoms with Gasteiger partial charge in [-0.1, -0.05) is 6.07 Å². The molecule has 0 unspecified atom stereocenters. The highest BCUT2D eigenvalue weighted by molar-refractivity contribution is 6.17. The number of nitrogens with zero attached hydrogens (tertiary/aromatic N) is 1. The fourth-order valence-corrected chi connectivity index (χ4v) is 4.26. The quantitative estimate of drug-likeness (QED) is 0.407. The molecule has 1 aliphatic rings. The maximum absolute atomic E-state index is 13.2. The van der Waals surface area contributed by atoms with Gasteiger partial charge in [0, 0.05) is 16.8 Å².